The number of aliphatic hydroxyl groups is 1. The summed E-state index contributed by atoms with van der Waals surface area (Å²) in [5.74, 6) is 1.85. The number of hydrogen-bond donors (Lipinski definition) is 1. The molecule has 1 rings (SSSR count). The van der Waals surface area contributed by atoms with Gasteiger partial charge in [0.15, 0.2) is 0 Å². The zero-order chi connectivity index (χ0) is 8.81. The highest BCUT2D eigenvalue weighted by Gasteiger charge is 2.10. The monoisotopic (exact) mass is 184 g/mol. The van der Waals surface area contributed by atoms with Gasteiger partial charge in [0, 0.05) is 10.7 Å². The van der Waals surface area contributed by atoms with Crippen molar-refractivity contribution in [3.8, 4) is 0 Å². The third-order valence-corrected chi connectivity index (χ3v) is 2.56. The lowest BCUT2D eigenvalue weighted by Gasteiger charge is -2.18. The molecule has 3 heteroatoms. The lowest BCUT2D eigenvalue weighted by atomic mass is 10.4. The normalized spacial score (nSPS) is 25.1. The lowest BCUT2D eigenvalue weighted by molar-refractivity contribution is 0.239. The second kappa shape index (κ2) is 4.93. The largest absolute Gasteiger partial charge is 0.516 e. The first-order valence-corrected chi connectivity index (χ1v) is 4.80. The molecule has 0 aliphatic carbocycles. The van der Waals surface area contributed by atoms with Gasteiger partial charge in [-0.3, -0.25) is 0 Å². The van der Waals surface area contributed by atoms with E-state index < -0.39 is 0 Å². The molecule has 0 unspecified atom stereocenters. The molecule has 66 valence electrons. The SMILES string of the molecule is C/C=C1/SCCO/C1=C/C=C/O. The Labute approximate surface area is 76.6 Å². The maximum atomic E-state index is 8.45. The first-order valence-electron chi connectivity index (χ1n) is 3.82. The summed E-state index contributed by atoms with van der Waals surface area (Å²) in [6.45, 7) is 2.72. The minimum absolute atomic E-state index is 0.743. The lowest BCUT2D eigenvalue weighted by Crippen LogP contribution is -2.05. The van der Waals surface area contributed by atoms with Crippen molar-refractivity contribution in [2.45, 2.75) is 6.92 Å². The maximum Gasteiger partial charge on any atom is 0.132 e. The van der Waals surface area contributed by atoms with Crippen LogP contribution in [-0.2, 0) is 4.74 Å². The van der Waals surface area contributed by atoms with Crippen LogP contribution in [-0.4, -0.2) is 17.5 Å². The third kappa shape index (κ3) is 2.34. The Kier molecular flexibility index (Phi) is 3.80. The summed E-state index contributed by atoms with van der Waals surface area (Å²) in [5, 5.41) is 8.45. The van der Waals surface area contributed by atoms with E-state index in [1.165, 1.54) is 0 Å². The summed E-state index contributed by atoms with van der Waals surface area (Å²) < 4.78 is 5.39. The van der Waals surface area contributed by atoms with Crippen molar-refractivity contribution in [3.05, 3.63) is 35.2 Å². The van der Waals surface area contributed by atoms with Crippen LogP contribution in [0.3, 0.4) is 0 Å². The Bertz CT molecular complexity index is 229. The van der Waals surface area contributed by atoms with Crippen LogP contribution in [0.1, 0.15) is 6.92 Å². The molecule has 0 aromatic carbocycles. The van der Waals surface area contributed by atoms with Gasteiger partial charge in [-0.25, -0.2) is 0 Å². The number of thioether (sulfide) groups is 1. The molecule has 1 heterocycles. The molecule has 1 saturated heterocycles. The Balaban J connectivity index is 2.71. The number of aliphatic hydroxyl groups excluding tert-OH is 1. The maximum absolute atomic E-state index is 8.45. The van der Waals surface area contributed by atoms with Gasteiger partial charge >= 0.3 is 0 Å². The molecule has 0 bridgehead atoms. The molecule has 0 aromatic heterocycles. The van der Waals surface area contributed by atoms with Crippen LogP contribution in [0.25, 0.3) is 0 Å². The molecule has 1 N–H and O–H groups in total. The van der Waals surface area contributed by atoms with Gasteiger partial charge in [0.05, 0.1) is 12.9 Å². The Morgan fingerprint density at radius 3 is 3.08 bits per heavy atom. The topological polar surface area (TPSA) is 29.5 Å². The molecule has 1 aliphatic heterocycles. The van der Waals surface area contributed by atoms with Gasteiger partial charge in [0.1, 0.15) is 5.76 Å². The summed E-state index contributed by atoms with van der Waals surface area (Å²) in [6, 6.07) is 0. The molecular weight excluding hydrogens is 172 g/mol. The van der Waals surface area contributed by atoms with E-state index in [2.05, 4.69) is 0 Å². The fourth-order valence-corrected chi connectivity index (χ4v) is 1.75. The predicted octanol–water partition coefficient (Wildman–Crippen LogP) is 2.61. The Morgan fingerprint density at radius 1 is 1.58 bits per heavy atom. The highest BCUT2D eigenvalue weighted by molar-refractivity contribution is 8.03. The second-order valence-corrected chi connectivity index (χ2v) is 3.36. The summed E-state index contributed by atoms with van der Waals surface area (Å²) in [7, 11) is 0. The quantitative estimate of drug-likeness (QED) is 0.635. The molecule has 12 heavy (non-hydrogen) atoms. The van der Waals surface area contributed by atoms with Gasteiger partial charge in [-0.2, -0.15) is 0 Å². The summed E-state index contributed by atoms with van der Waals surface area (Å²) in [5.41, 5.74) is 0. The van der Waals surface area contributed by atoms with Crippen LogP contribution in [0.2, 0.25) is 0 Å². The average molecular weight is 184 g/mol. The zero-order valence-electron chi connectivity index (χ0n) is 6.99. The fourth-order valence-electron chi connectivity index (χ4n) is 0.932. The zero-order valence-corrected chi connectivity index (χ0v) is 7.80. The second-order valence-electron chi connectivity index (χ2n) is 2.22. The number of allylic oxidation sites excluding steroid dienone is 3. The van der Waals surface area contributed by atoms with Gasteiger partial charge < -0.3 is 9.84 Å². The van der Waals surface area contributed by atoms with E-state index in [4.69, 9.17) is 9.84 Å². The van der Waals surface area contributed by atoms with Gasteiger partial charge in [0.2, 0.25) is 0 Å². The molecule has 0 atom stereocenters. The average Bonchev–Trinajstić information content (AvgIpc) is 2.15. The standard InChI is InChI=1S/C9H12O2S/c1-2-9-8(4-3-5-10)11-6-7-12-9/h2-5,10H,6-7H2,1H3/b5-3+,8-4+,9-2+. The summed E-state index contributed by atoms with van der Waals surface area (Å²) in [6.07, 6.45) is 6.34. The van der Waals surface area contributed by atoms with Crippen LogP contribution in [0.5, 0.6) is 0 Å². The van der Waals surface area contributed by atoms with Crippen LogP contribution in [0, 0.1) is 0 Å². The number of rotatable bonds is 1. The molecule has 1 fully saturated rings. The molecule has 0 spiro atoms. The summed E-state index contributed by atoms with van der Waals surface area (Å²) >= 11 is 1.77. The molecule has 0 aromatic rings. The Morgan fingerprint density at radius 2 is 2.42 bits per heavy atom. The van der Waals surface area contributed by atoms with Crippen molar-refractivity contribution in [2.24, 2.45) is 0 Å². The van der Waals surface area contributed by atoms with Gasteiger partial charge in [-0.15, -0.1) is 11.8 Å². The van der Waals surface area contributed by atoms with E-state index in [9.17, 15) is 0 Å². The van der Waals surface area contributed by atoms with Gasteiger partial charge in [-0.1, -0.05) is 6.08 Å². The smallest absolute Gasteiger partial charge is 0.132 e. The van der Waals surface area contributed by atoms with Crippen molar-refractivity contribution in [1.82, 2.24) is 0 Å². The van der Waals surface area contributed by atoms with E-state index in [1.54, 1.807) is 23.9 Å². The molecule has 0 radical (unpaired) electrons. The van der Waals surface area contributed by atoms with E-state index in [0.29, 0.717) is 0 Å². The molecule has 0 saturated carbocycles. The minimum atomic E-state index is 0.743. The highest BCUT2D eigenvalue weighted by Crippen LogP contribution is 2.29. The molecule has 2 nitrogen and oxygen atoms in total. The van der Waals surface area contributed by atoms with Gasteiger partial charge in [0.25, 0.3) is 0 Å². The fraction of sp³-hybridized carbons (Fsp3) is 0.333. The van der Waals surface area contributed by atoms with Crippen molar-refractivity contribution in [3.63, 3.8) is 0 Å². The first kappa shape index (κ1) is 9.26. The number of ether oxygens (including phenoxy) is 1. The predicted molar refractivity (Wildman–Crippen MR) is 52.0 cm³/mol. The third-order valence-electron chi connectivity index (χ3n) is 1.44. The summed E-state index contributed by atoms with van der Waals surface area (Å²) in [4.78, 5) is 1.14. The van der Waals surface area contributed by atoms with Crippen LogP contribution < -0.4 is 0 Å². The van der Waals surface area contributed by atoms with Gasteiger partial charge in [-0.05, 0) is 19.1 Å². The van der Waals surface area contributed by atoms with E-state index >= 15 is 0 Å². The van der Waals surface area contributed by atoms with E-state index in [-0.39, 0.29) is 0 Å². The Hall–Kier alpha value is -0.830. The molecular formula is C9H12O2S. The van der Waals surface area contributed by atoms with Crippen molar-refractivity contribution in [2.75, 3.05) is 12.4 Å². The molecule has 0 amide bonds. The van der Waals surface area contributed by atoms with Crippen molar-refractivity contribution in [1.29, 1.82) is 0 Å². The van der Waals surface area contributed by atoms with Crippen LogP contribution in [0.15, 0.2) is 35.2 Å². The minimum Gasteiger partial charge on any atom is -0.516 e. The first-order chi connectivity index (χ1) is 5.88. The van der Waals surface area contributed by atoms with Crippen LogP contribution in [0.4, 0.5) is 0 Å². The van der Waals surface area contributed by atoms with Crippen molar-refractivity contribution < 1.29 is 9.84 Å². The van der Waals surface area contributed by atoms with E-state index in [0.717, 1.165) is 29.3 Å². The van der Waals surface area contributed by atoms with Crippen molar-refractivity contribution >= 4 is 11.8 Å². The van der Waals surface area contributed by atoms with Crippen LogP contribution >= 0.6 is 11.8 Å². The molecule has 1 aliphatic rings. The van der Waals surface area contributed by atoms with E-state index in [1.807, 2.05) is 13.0 Å². The highest BCUT2D eigenvalue weighted by atomic mass is 32.2. The number of hydrogen-bond acceptors (Lipinski definition) is 3.